The van der Waals surface area contributed by atoms with E-state index in [0.717, 1.165) is 18.8 Å². The van der Waals surface area contributed by atoms with Crippen molar-refractivity contribution in [3.8, 4) is 11.8 Å². The van der Waals surface area contributed by atoms with Crippen molar-refractivity contribution >= 4 is 0 Å². The van der Waals surface area contributed by atoms with Gasteiger partial charge in [0, 0.05) is 18.9 Å². The highest BCUT2D eigenvalue weighted by molar-refractivity contribution is 5.12. The van der Waals surface area contributed by atoms with Gasteiger partial charge in [0.1, 0.15) is 5.82 Å². The van der Waals surface area contributed by atoms with Gasteiger partial charge in [-0.25, -0.2) is 4.98 Å². The molecule has 0 aliphatic rings. The van der Waals surface area contributed by atoms with E-state index in [9.17, 15) is 0 Å². The van der Waals surface area contributed by atoms with Crippen molar-refractivity contribution in [3.63, 3.8) is 0 Å². The van der Waals surface area contributed by atoms with Gasteiger partial charge in [-0.3, -0.25) is 0 Å². The fourth-order valence-electron chi connectivity index (χ4n) is 1.16. The maximum absolute atomic E-state index is 5.68. The van der Waals surface area contributed by atoms with Crippen LogP contribution < -0.4 is 5.73 Å². The molecule has 1 rings (SSSR count). The topological polar surface area (TPSA) is 43.8 Å². The summed E-state index contributed by atoms with van der Waals surface area (Å²) < 4.78 is 2.09. The molecule has 0 bridgehead atoms. The van der Waals surface area contributed by atoms with Crippen molar-refractivity contribution < 1.29 is 0 Å². The van der Waals surface area contributed by atoms with Gasteiger partial charge in [-0.05, 0) is 13.3 Å². The van der Waals surface area contributed by atoms with Crippen LogP contribution in [0.5, 0.6) is 0 Å². The van der Waals surface area contributed by atoms with Crippen LogP contribution in [0.15, 0.2) is 12.4 Å². The van der Waals surface area contributed by atoms with Crippen LogP contribution >= 0.6 is 0 Å². The Labute approximate surface area is 85.3 Å². The van der Waals surface area contributed by atoms with Crippen LogP contribution in [0.3, 0.4) is 0 Å². The van der Waals surface area contributed by atoms with E-state index in [1.54, 1.807) is 6.20 Å². The van der Waals surface area contributed by atoms with Crippen molar-refractivity contribution in [3.05, 3.63) is 18.2 Å². The van der Waals surface area contributed by atoms with Gasteiger partial charge in [-0.1, -0.05) is 18.8 Å². The minimum absolute atomic E-state index is 0.0000359. The highest BCUT2D eigenvalue weighted by Gasteiger charge is 1.97. The number of nitrogens with zero attached hydrogens (tertiary/aromatic N) is 2. The van der Waals surface area contributed by atoms with Crippen LogP contribution in [-0.2, 0) is 13.0 Å². The van der Waals surface area contributed by atoms with Crippen molar-refractivity contribution in [2.75, 3.05) is 0 Å². The molecular formula is C11H17N3. The van der Waals surface area contributed by atoms with Crippen LogP contribution in [0.1, 0.15) is 26.1 Å². The molecular weight excluding hydrogens is 174 g/mol. The highest BCUT2D eigenvalue weighted by atomic mass is 15.0. The van der Waals surface area contributed by atoms with E-state index in [1.807, 2.05) is 13.1 Å². The summed E-state index contributed by atoms with van der Waals surface area (Å²) in [6.07, 6.45) is 5.36. The number of nitrogens with two attached hydrogens (primary N) is 1. The number of hydrogen-bond donors (Lipinski definition) is 1. The van der Waals surface area contributed by atoms with Crippen molar-refractivity contribution in [1.29, 1.82) is 0 Å². The number of aryl methyl sites for hydroxylation is 1. The van der Waals surface area contributed by atoms with Gasteiger partial charge in [-0.2, -0.15) is 0 Å². The smallest absolute Gasteiger partial charge is 0.120 e. The Morgan fingerprint density at radius 2 is 2.36 bits per heavy atom. The molecule has 2 N–H and O–H groups in total. The molecule has 3 heteroatoms. The normalized spacial score (nSPS) is 11.9. The third-order valence-electron chi connectivity index (χ3n) is 2.12. The van der Waals surface area contributed by atoms with Crippen molar-refractivity contribution in [2.24, 2.45) is 5.73 Å². The monoisotopic (exact) mass is 191 g/mol. The highest BCUT2D eigenvalue weighted by Crippen LogP contribution is 1.97. The third-order valence-corrected chi connectivity index (χ3v) is 2.12. The Morgan fingerprint density at radius 1 is 1.57 bits per heavy atom. The molecule has 0 radical (unpaired) electrons. The average Bonchev–Trinajstić information content (AvgIpc) is 2.65. The predicted molar refractivity (Wildman–Crippen MR) is 57.6 cm³/mol. The summed E-state index contributed by atoms with van der Waals surface area (Å²) >= 11 is 0. The van der Waals surface area contributed by atoms with Crippen LogP contribution in [-0.4, -0.2) is 15.6 Å². The molecule has 76 valence electrons. The fraction of sp³-hybridized carbons (Fsp3) is 0.545. The standard InChI is InChI=1S/C11H17N3/c1-3-10(12)6-5-7-11-13-8-9-14(11)4-2/h8-10H,3-4,7,12H2,1-2H3. The molecule has 1 atom stereocenters. The van der Waals surface area contributed by atoms with Gasteiger partial charge in [0.2, 0.25) is 0 Å². The molecule has 0 amide bonds. The Kier molecular flexibility index (Phi) is 4.21. The van der Waals surface area contributed by atoms with Gasteiger partial charge < -0.3 is 10.3 Å². The predicted octanol–water partition coefficient (Wildman–Crippen LogP) is 1.19. The average molecular weight is 191 g/mol. The third kappa shape index (κ3) is 2.90. The SMILES string of the molecule is CCC(N)C#CCc1nccn1CC. The zero-order valence-corrected chi connectivity index (χ0v) is 8.83. The fourth-order valence-corrected chi connectivity index (χ4v) is 1.16. The van der Waals surface area contributed by atoms with Gasteiger partial charge in [0.15, 0.2) is 0 Å². The van der Waals surface area contributed by atoms with Crippen molar-refractivity contribution in [1.82, 2.24) is 9.55 Å². The maximum atomic E-state index is 5.68. The summed E-state index contributed by atoms with van der Waals surface area (Å²) in [4.78, 5) is 4.23. The molecule has 0 saturated carbocycles. The minimum atomic E-state index is 0.0000359. The van der Waals surface area contributed by atoms with Crippen LogP contribution in [0, 0.1) is 11.8 Å². The Morgan fingerprint density at radius 3 is 3.00 bits per heavy atom. The Hall–Kier alpha value is -1.27. The first kappa shape index (κ1) is 10.8. The number of imidazole rings is 1. The van der Waals surface area contributed by atoms with E-state index in [0.29, 0.717) is 6.42 Å². The molecule has 0 saturated heterocycles. The zero-order valence-electron chi connectivity index (χ0n) is 8.83. The van der Waals surface area contributed by atoms with E-state index in [1.165, 1.54) is 0 Å². The molecule has 1 aromatic rings. The van der Waals surface area contributed by atoms with E-state index in [2.05, 4.69) is 28.3 Å². The molecule has 0 fully saturated rings. The Balaban J connectivity index is 2.55. The second kappa shape index (κ2) is 5.46. The van der Waals surface area contributed by atoms with Crippen molar-refractivity contribution in [2.45, 2.75) is 39.3 Å². The number of aromatic nitrogens is 2. The molecule has 0 spiro atoms. The molecule has 0 aliphatic carbocycles. The molecule has 0 aromatic carbocycles. The van der Waals surface area contributed by atoms with Crippen LogP contribution in [0.25, 0.3) is 0 Å². The Bertz CT molecular complexity index is 330. The first-order valence-electron chi connectivity index (χ1n) is 5.01. The molecule has 3 nitrogen and oxygen atoms in total. The summed E-state index contributed by atoms with van der Waals surface area (Å²) in [5.74, 6) is 7.07. The quantitative estimate of drug-likeness (QED) is 0.729. The lowest BCUT2D eigenvalue weighted by atomic mass is 10.2. The van der Waals surface area contributed by atoms with Gasteiger partial charge in [0.05, 0.1) is 12.5 Å². The molecule has 1 aromatic heterocycles. The summed E-state index contributed by atoms with van der Waals surface area (Å²) in [5, 5.41) is 0. The second-order valence-electron chi connectivity index (χ2n) is 3.14. The number of rotatable bonds is 3. The lowest BCUT2D eigenvalue weighted by molar-refractivity contribution is 0.718. The van der Waals surface area contributed by atoms with Crippen LogP contribution in [0.4, 0.5) is 0 Å². The summed E-state index contributed by atoms with van der Waals surface area (Å²) in [7, 11) is 0. The van der Waals surface area contributed by atoms with Gasteiger partial charge in [-0.15, -0.1) is 0 Å². The largest absolute Gasteiger partial charge is 0.334 e. The van der Waals surface area contributed by atoms with Gasteiger partial charge >= 0.3 is 0 Å². The molecule has 1 unspecified atom stereocenters. The maximum Gasteiger partial charge on any atom is 0.120 e. The summed E-state index contributed by atoms with van der Waals surface area (Å²) in [6.45, 7) is 5.07. The molecule has 1 heterocycles. The van der Waals surface area contributed by atoms with E-state index >= 15 is 0 Å². The molecule has 14 heavy (non-hydrogen) atoms. The first-order chi connectivity index (χ1) is 6.77. The lowest BCUT2D eigenvalue weighted by Crippen LogP contribution is -2.15. The second-order valence-corrected chi connectivity index (χ2v) is 3.14. The summed E-state index contributed by atoms with van der Waals surface area (Å²) in [6, 6.07) is 0.0000359. The zero-order chi connectivity index (χ0) is 10.4. The van der Waals surface area contributed by atoms with E-state index in [4.69, 9.17) is 5.73 Å². The first-order valence-corrected chi connectivity index (χ1v) is 5.01. The van der Waals surface area contributed by atoms with E-state index in [-0.39, 0.29) is 6.04 Å². The van der Waals surface area contributed by atoms with E-state index < -0.39 is 0 Å². The lowest BCUT2D eigenvalue weighted by Gasteiger charge is -2.00. The number of hydrogen-bond acceptors (Lipinski definition) is 2. The van der Waals surface area contributed by atoms with Crippen LogP contribution in [0.2, 0.25) is 0 Å². The van der Waals surface area contributed by atoms with Gasteiger partial charge in [0.25, 0.3) is 0 Å². The molecule has 0 aliphatic heterocycles. The summed E-state index contributed by atoms with van der Waals surface area (Å²) in [5.41, 5.74) is 5.68. The minimum Gasteiger partial charge on any atom is -0.334 e.